The molecule has 5 nitrogen and oxygen atoms in total. The van der Waals surface area contributed by atoms with Crippen LogP contribution in [0.4, 0.5) is 19.0 Å². The number of halogens is 3. The Morgan fingerprint density at radius 2 is 2.16 bits per heavy atom. The van der Waals surface area contributed by atoms with Crippen LogP contribution in [0.5, 0.6) is 0 Å². The van der Waals surface area contributed by atoms with E-state index in [0.717, 1.165) is 12.5 Å². The van der Waals surface area contributed by atoms with Crippen molar-refractivity contribution in [2.45, 2.75) is 39.4 Å². The Balaban J connectivity index is 0.00000272. The van der Waals surface area contributed by atoms with E-state index in [-0.39, 0.29) is 14.5 Å². The lowest BCUT2D eigenvalue weighted by Gasteiger charge is -2.35. The molecular formula is C23H31F3N4O. The number of anilines is 1. The molecule has 0 spiro atoms. The molecule has 0 bridgehead atoms. The highest BCUT2D eigenvalue weighted by Gasteiger charge is 2.37. The Morgan fingerprint density at radius 1 is 1.42 bits per heavy atom. The smallest absolute Gasteiger partial charge is 0.354 e. The van der Waals surface area contributed by atoms with Crippen LogP contribution in [0.1, 0.15) is 56.0 Å². The van der Waals surface area contributed by atoms with Crippen molar-refractivity contribution < 1.29 is 20.8 Å². The summed E-state index contributed by atoms with van der Waals surface area (Å²) in [7, 11) is 0. The number of pyridine rings is 2. The second-order valence-corrected chi connectivity index (χ2v) is 8.22. The molecule has 3 rings (SSSR count). The summed E-state index contributed by atoms with van der Waals surface area (Å²) in [6.07, 6.45) is -0.740. The summed E-state index contributed by atoms with van der Waals surface area (Å²) in [6.45, 7) is 11.4. The van der Waals surface area contributed by atoms with Crippen LogP contribution in [0.25, 0.3) is 6.08 Å². The summed E-state index contributed by atoms with van der Waals surface area (Å²) in [5, 5.41) is 3.44. The minimum Gasteiger partial charge on any atom is -0.354 e. The Kier molecular flexibility index (Phi) is 6.79. The molecule has 0 aliphatic carbocycles. The lowest BCUT2D eigenvalue weighted by molar-refractivity contribution is -0.138. The van der Waals surface area contributed by atoms with Crippen LogP contribution in [0.2, 0.25) is 0 Å². The molecule has 1 N–H and O–H groups in total. The second kappa shape index (κ2) is 9.18. The van der Waals surface area contributed by atoms with Gasteiger partial charge in [-0.05, 0) is 43.0 Å². The summed E-state index contributed by atoms with van der Waals surface area (Å²) in [5.74, 6) is 0.0663. The van der Waals surface area contributed by atoms with Crippen molar-refractivity contribution in [2.24, 2.45) is 5.92 Å². The number of alkyl halides is 3. The van der Waals surface area contributed by atoms with Gasteiger partial charge in [-0.15, -0.1) is 0 Å². The molecule has 0 radical (unpaired) electrons. The monoisotopic (exact) mass is 436 g/mol. The van der Waals surface area contributed by atoms with Crippen LogP contribution in [-0.4, -0.2) is 41.4 Å². The van der Waals surface area contributed by atoms with Crippen molar-refractivity contribution in [1.29, 1.82) is 0 Å². The number of rotatable bonds is 6. The molecule has 1 fully saturated rings. The number of carbonyl (C=O) groups excluding carboxylic acids is 1. The topological polar surface area (TPSA) is 58.1 Å². The molecule has 0 amide bonds. The lowest BCUT2D eigenvalue weighted by atomic mass is 10.00. The van der Waals surface area contributed by atoms with Crippen LogP contribution in [0.3, 0.4) is 0 Å². The summed E-state index contributed by atoms with van der Waals surface area (Å²) < 4.78 is 41.1. The Hall–Kier alpha value is -2.74. The fourth-order valence-electron chi connectivity index (χ4n) is 3.81. The van der Waals surface area contributed by atoms with Crippen molar-refractivity contribution in [3.63, 3.8) is 0 Å². The fourth-order valence-corrected chi connectivity index (χ4v) is 3.81. The number of carbonyl (C=O) groups is 1. The standard InChI is InChI=1S/C23H27F3N4O.2H2/c1-5-16-11-18(15(4)28-12-16)22(31)21-19(23(24,25)26)6-7-20(29-21)30-9-8-27-17(13-30)10-14(2)3;;/h5-7,11-12,14,17,27H,1,8-10,13H2,2-4H3;2*1H/t17-;;/m0../s1. The van der Waals surface area contributed by atoms with Gasteiger partial charge in [-0.25, -0.2) is 4.98 Å². The van der Waals surface area contributed by atoms with Crippen LogP contribution < -0.4 is 10.2 Å². The van der Waals surface area contributed by atoms with E-state index < -0.39 is 23.2 Å². The molecule has 0 aromatic carbocycles. The second-order valence-electron chi connectivity index (χ2n) is 8.22. The molecule has 0 saturated carbocycles. The quantitative estimate of drug-likeness (QED) is 0.646. The highest BCUT2D eigenvalue weighted by molar-refractivity contribution is 6.09. The van der Waals surface area contributed by atoms with Crippen molar-refractivity contribution in [2.75, 3.05) is 24.5 Å². The predicted molar refractivity (Wildman–Crippen MR) is 119 cm³/mol. The third-order valence-electron chi connectivity index (χ3n) is 5.32. The molecule has 2 aromatic rings. The predicted octanol–water partition coefficient (Wildman–Crippen LogP) is 4.99. The van der Waals surface area contributed by atoms with Crippen LogP contribution in [0, 0.1) is 12.8 Å². The zero-order valence-corrected chi connectivity index (χ0v) is 18.0. The van der Waals surface area contributed by atoms with E-state index in [1.54, 1.807) is 6.92 Å². The van der Waals surface area contributed by atoms with Gasteiger partial charge in [0, 0.05) is 46.0 Å². The fraction of sp³-hybridized carbons (Fsp3) is 0.435. The first-order chi connectivity index (χ1) is 14.6. The number of aromatic nitrogens is 2. The van der Waals surface area contributed by atoms with E-state index in [2.05, 4.69) is 35.7 Å². The zero-order chi connectivity index (χ0) is 22.8. The molecule has 3 heterocycles. The summed E-state index contributed by atoms with van der Waals surface area (Å²) >= 11 is 0. The molecule has 0 unspecified atom stereocenters. The van der Waals surface area contributed by atoms with Crippen molar-refractivity contribution in [3.8, 4) is 0 Å². The van der Waals surface area contributed by atoms with Crippen LogP contribution in [-0.2, 0) is 6.18 Å². The third kappa shape index (κ3) is 5.31. The van der Waals surface area contributed by atoms with Gasteiger partial charge >= 0.3 is 6.18 Å². The van der Waals surface area contributed by atoms with Crippen LogP contribution in [0.15, 0.2) is 31.0 Å². The van der Waals surface area contributed by atoms with Gasteiger partial charge in [-0.1, -0.05) is 26.5 Å². The van der Waals surface area contributed by atoms with Crippen molar-refractivity contribution >= 4 is 17.7 Å². The number of ketones is 1. The van der Waals surface area contributed by atoms with Crippen molar-refractivity contribution in [1.82, 2.24) is 15.3 Å². The molecule has 1 saturated heterocycles. The number of hydrogen-bond donors (Lipinski definition) is 1. The van der Waals surface area contributed by atoms with Crippen LogP contribution >= 0.6 is 0 Å². The summed E-state index contributed by atoms with van der Waals surface area (Å²) in [4.78, 5) is 23.5. The first kappa shape index (κ1) is 22.9. The lowest BCUT2D eigenvalue weighted by Crippen LogP contribution is -2.51. The van der Waals surface area contributed by atoms with Crippen molar-refractivity contribution in [3.05, 3.63) is 59.1 Å². The third-order valence-corrected chi connectivity index (χ3v) is 5.32. The average molecular weight is 437 g/mol. The summed E-state index contributed by atoms with van der Waals surface area (Å²) in [6, 6.07) is 4.01. The van der Waals surface area contributed by atoms with Gasteiger partial charge in [-0.3, -0.25) is 9.78 Å². The molecule has 1 aliphatic heterocycles. The Bertz CT molecular complexity index is 983. The first-order valence-electron chi connectivity index (χ1n) is 10.3. The zero-order valence-electron chi connectivity index (χ0n) is 18.0. The van der Waals surface area contributed by atoms with E-state index in [9.17, 15) is 18.0 Å². The van der Waals surface area contributed by atoms with E-state index in [1.165, 1.54) is 24.4 Å². The maximum absolute atomic E-state index is 13.7. The first-order valence-corrected chi connectivity index (χ1v) is 10.3. The average Bonchev–Trinajstić information content (AvgIpc) is 2.72. The largest absolute Gasteiger partial charge is 0.418 e. The Morgan fingerprint density at radius 3 is 2.81 bits per heavy atom. The van der Waals surface area contributed by atoms with Gasteiger partial charge in [0.15, 0.2) is 0 Å². The molecule has 1 atom stereocenters. The minimum atomic E-state index is -4.70. The number of nitrogens with zero attached hydrogens (tertiary/aromatic N) is 3. The Labute approximate surface area is 183 Å². The maximum Gasteiger partial charge on any atom is 0.418 e. The van der Waals surface area contributed by atoms with Gasteiger partial charge in [0.25, 0.3) is 0 Å². The molecule has 31 heavy (non-hydrogen) atoms. The van der Waals surface area contributed by atoms with Gasteiger partial charge < -0.3 is 10.2 Å². The molecular weight excluding hydrogens is 405 g/mol. The van der Waals surface area contributed by atoms with Gasteiger partial charge in [0.1, 0.15) is 11.5 Å². The highest BCUT2D eigenvalue weighted by Crippen LogP contribution is 2.34. The van der Waals surface area contributed by atoms with E-state index in [1.807, 2.05) is 4.90 Å². The van der Waals surface area contributed by atoms with E-state index in [4.69, 9.17) is 0 Å². The van der Waals surface area contributed by atoms with E-state index >= 15 is 0 Å². The molecule has 170 valence electrons. The maximum atomic E-state index is 13.7. The van der Waals surface area contributed by atoms with Gasteiger partial charge in [0.05, 0.1) is 5.56 Å². The number of nitrogens with one attached hydrogen (secondary N) is 1. The number of piperazine rings is 1. The summed E-state index contributed by atoms with van der Waals surface area (Å²) in [5.41, 5.74) is -0.661. The molecule has 8 heteroatoms. The SMILES string of the molecule is C=Cc1cnc(C)c(C(=O)c2nc(N3CCN[C@@H](CC(C)C)C3)ccc2C(F)(F)F)c1.[HH].[HH]. The number of aryl methyl sites for hydroxylation is 1. The normalized spacial score (nSPS) is 17.1. The molecule has 1 aliphatic rings. The highest BCUT2D eigenvalue weighted by atomic mass is 19.4. The van der Waals surface area contributed by atoms with E-state index in [0.29, 0.717) is 42.6 Å². The minimum absolute atomic E-state index is 0. The number of hydrogen-bond acceptors (Lipinski definition) is 5. The molecule has 2 aromatic heterocycles. The van der Waals surface area contributed by atoms with Gasteiger partial charge in [-0.2, -0.15) is 13.2 Å². The van der Waals surface area contributed by atoms with Gasteiger partial charge in [0.2, 0.25) is 5.78 Å².